The molecule has 6 heteroatoms. The van der Waals surface area contributed by atoms with Crippen molar-refractivity contribution in [2.75, 3.05) is 7.11 Å². The predicted octanol–water partition coefficient (Wildman–Crippen LogP) is 4.50. The van der Waals surface area contributed by atoms with Crippen LogP contribution in [0.1, 0.15) is 30.4 Å². The molecule has 1 saturated carbocycles. The van der Waals surface area contributed by atoms with Crippen LogP contribution in [0.3, 0.4) is 0 Å². The van der Waals surface area contributed by atoms with E-state index < -0.39 is 5.63 Å². The molecule has 6 nitrogen and oxygen atoms in total. The zero-order chi connectivity index (χ0) is 22.1. The van der Waals surface area contributed by atoms with Gasteiger partial charge in [-0.15, -0.1) is 0 Å². The van der Waals surface area contributed by atoms with Crippen LogP contribution in [0, 0.1) is 5.92 Å². The van der Waals surface area contributed by atoms with Crippen molar-refractivity contribution < 1.29 is 23.4 Å². The van der Waals surface area contributed by atoms with Gasteiger partial charge in [0.2, 0.25) is 0 Å². The molecule has 0 radical (unpaired) electrons. The van der Waals surface area contributed by atoms with Gasteiger partial charge in [0.25, 0.3) is 0 Å². The standard InChI is InChI=1S/C26H24O6/c1-29-18-7-9-20-17(11-25(27)32-24(20)12-18)14-30-19-8-10-21-23(13-19)31-15-22(26(21)28)16-5-3-2-4-6-16/h2-7,9,11-12,15,19,21,23H,8,10,13-14H2,1H3. The number of hydrogen-bond acceptors (Lipinski definition) is 6. The Hall–Kier alpha value is -3.38. The summed E-state index contributed by atoms with van der Waals surface area (Å²) in [5.41, 5.74) is 2.35. The van der Waals surface area contributed by atoms with Gasteiger partial charge in [0, 0.05) is 23.9 Å². The summed E-state index contributed by atoms with van der Waals surface area (Å²) < 4.78 is 22.7. The minimum atomic E-state index is -0.423. The first kappa shape index (κ1) is 20.5. The Morgan fingerprint density at radius 3 is 2.69 bits per heavy atom. The number of allylic oxidation sites excluding steroid dienone is 1. The summed E-state index contributed by atoms with van der Waals surface area (Å²) in [5, 5.41) is 0.818. The highest BCUT2D eigenvalue weighted by molar-refractivity contribution is 6.22. The van der Waals surface area contributed by atoms with E-state index in [4.69, 9.17) is 18.6 Å². The van der Waals surface area contributed by atoms with E-state index in [1.54, 1.807) is 19.4 Å². The zero-order valence-corrected chi connectivity index (χ0v) is 17.8. The molecular weight excluding hydrogens is 408 g/mol. The van der Waals surface area contributed by atoms with E-state index in [2.05, 4.69) is 0 Å². The fraction of sp³-hybridized carbons (Fsp3) is 0.308. The lowest BCUT2D eigenvalue weighted by Crippen LogP contribution is -2.41. The van der Waals surface area contributed by atoms with Crippen molar-refractivity contribution in [1.29, 1.82) is 0 Å². The second-order valence-electron chi connectivity index (χ2n) is 8.24. The molecule has 3 unspecified atom stereocenters. The first-order valence-corrected chi connectivity index (χ1v) is 10.8. The third-order valence-corrected chi connectivity index (χ3v) is 6.30. The largest absolute Gasteiger partial charge is 0.497 e. The van der Waals surface area contributed by atoms with Crippen molar-refractivity contribution in [3.05, 3.63) is 82.4 Å². The fourth-order valence-corrected chi connectivity index (χ4v) is 4.60. The molecule has 3 atom stereocenters. The molecule has 5 rings (SSSR count). The van der Waals surface area contributed by atoms with Gasteiger partial charge in [0.1, 0.15) is 17.4 Å². The number of Topliss-reactive ketones (excluding diaryl/α,β-unsaturated/α-hetero) is 1. The maximum absolute atomic E-state index is 13.0. The number of benzene rings is 2. The number of ketones is 1. The SMILES string of the molecule is COc1ccc2c(COC3CCC4C(=O)C(c5ccccc5)=COC4C3)cc(=O)oc2c1. The average molecular weight is 432 g/mol. The third kappa shape index (κ3) is 3.94. The highest BCUT2D eigenvalue weighted by Crippen LogP contribution is 2.37. The molecule has 1 aromatic heterocycles. The number of hydrogen-bond donors (Lipinski definition) is 0. The second-order valence-corrected chi connectivity index (χ2v) is 8.24. The van der Waals surface area contributed by atoms with Gasteiger partial charge in [-0.25, -0.2) is 4.79 Å². The van der Waals surface area contributed by atoms with Crippen LogP contribution in [0.4, 0.5) is 0 Å². The third-order valence-electron chi connectivity index (χ3n) is 6.30. The predicted molar refractivity (Wildman–Crippen MR) is 119 cm³/mol. The lowest BCUT2D eigenvalue weighted by atomic mass is 9.78. The Bertz CT molecular complexity index is 1230. The van der Waals surface area contributed by atoms with Crippen molar-refractivity contribution in [1.82, 2.24) is 0 Å². The molecule has 0 saturated heterocycles. The number of rotatable bonds is 5. The minimum Gasteiger partial charge on any atom is -0.497 e. The first-order valence-electron chi connectivity index (χ1n) is 10.8. The normalized spacial score (nSPS) is 22.7. The molecule has 0 bridgehead atoms. The van der Waals surface area contributed by atoms with Crippen molar-refractivity contribution in [3.63, 3.8) is 0 Å². The van der Waals surface area contributed by atoms with Gasteiger partial charge in [-0.3, -0.25) is 4.79 Å². The molecule has 1 aliphatic carbocycles. The van der Waals surface area contributed by atoms with Gasteiger partial charge in [0.05, 0.1) is 37.6 Å². The summed E-state index contributed by atoms with van der Waals surface area (Å²) in [6, 6.07) is 16.5. The number of fused-ring (bicyclic) bond motifs is 2. The minimum absolute atomic E-state index is 0.0451. The summed E-state index contributed by atoms with van der Waals surface area (Å²) in [6.45, 7) is 0.287. The van der Waals surface area contributed by atoms with Crippen LogP contribution >= 0.6 is 0 Å². The summed E-state index contributed by atoms with van der Waals surface area (Å²) in [4.78, 5) is 25.0. The van der Waals surface area contributed by atoms with Gasteiger partial charge in [-0.2, -0.15) is 0 Å². The van der Waals surface area contributed by atoms with Crippen LogP contribution in [0.25, 0.3) is 16.5 Å². The summed E-state index contributed by atoms with van der Waals surface area (Å²) in [5.74, 6) is 0.623. The van der Waals surface area contributed by atoms with E-state index in [0.717, 1.165) is 22.9 Å². The van der Waals surface area contributed by atoms with Crippen LogP contribution in [-0.2, 0) is 20.9 Å². The monoisotopic (exact) mass is 432 g/mol. The zero-order valence-electron chi connectivity index (χ0n) is 17.8. The number of methoxy groups -OCH3 is 1. The average Bonchev–Trinajstić information content (AvgIpc) is 2.82. The van der Waals surface area contributed by atoms with E-state index in [1.807, 2.05) is 42.5 Å². The summed E-state index contributed by atoms with van der Waals surface area (Å²) in [7, 11) is 1.57. The number of ether oxygens (including phenoxy) is 3. The molecule has 0 N–H and O–H groups in total. The fourth-order valence-electron chi connectivity index (χ4n) is 4.60. The molecule has 0 spiro atoms. The second kappa shape index (κ2) is 8.63. The van der Waals surface area contributed by atoms with Crippen LogP contribution in [-0.4, -0.2) is 25.1 Å². The Morgan fingerprint density at radius 2 is 1.88 bits per heavy atom. The Balaban J connectivity index is 1.28. The smallest absolute Gasteiger partial charge is 0.336 e. The lowest BCUT2D eigenvalue weighted by molar-refractivity contribution is -0.128. The van der Waals surface area contributed by atoms with Gasteiger partial charge in [-0.05, 0) is 36.1 Å². The van der Waals surface area contributed by atoms with Crippen molar-refractivity contribution in [2.45, 2.75) is 38.1 Å². The molecule has 32 heavy (non-hydrogen) atoms. The quantitative estimate of drug-likeness (QED) is 0.553. The van der Waals surface area contributed by atoms with Crippen LogP contribution in [0.15, 0.2) is 70.1 Å². The Morgan fingerprint density at radius 1 is 1.03 bits per heavy atom. The number of carbonyl (C=O) groups excluding carboxylic acids is 1. The lowest BCUT2D eigenvalue weighted by Gasteiger charge is -2.37. The maximum Gasteiger partial charge on any atom is 0.336 e. The molecular formula is C26H24O6. The van der Waals surface area contributed by atoms with E-state index >= 15 is 0 Å². The molecule has 0 amide bonds. The van der Waals surface area contributed by atoms with E-state index in [9.17, 15) is 9.59 Å². The highest BCUT2D eigenvalue weighted by atomic mass is 16.5. The van der Waals surface area contributed by atoms with Crippen molar-refractivity contribution in [3.8, 4) is 5.75 Å². The first-order chi connectivity index (χ1) is 15.6. The summed E-state index contributed by atoms with van der Waals surface area (Å²) in [6.07, 6.45) is 3.50. The highest BCUT2D eigenvalue weighted by Gasteiger charge is 2.40. The van der Waals surface area contributed by atoms with Gasteiger partial charge < -0.3 is 18.6 Å². The molecule has 3 aromatic rings. The van der Waals surface area contributed by atoms with E-state index in [1.165, 1.54) is 6.07 Å². The van der Waals surface area contributed by atoms with Gasteiger partial charge in [-0.1, -0.05) is 30.3 Å². The Labute approximate surface area is 185 Å². The molecule has 2 aromatic carbocycles. The van der Waals surface area contributed by atoms with Crippen molar-refractivity contribution >= 4 is 22.3 Å². The van der Waals surface area contributed by atoms with E-state index in [-0.39, 0.29) is 30.5 Å². The van der Waals surface area contributed by atoms with Gasteiger partial charge in [0.15, 0.2) is 5.78 Å². The molecule has 1 aliphatic heterocycles. The van der Waals surface area contributed by atoms with Crippen LogP contribution in [0.2, 0.25) is 0 Å². The van der Waals surface area contributed by atoms with Crippen molar-refractivity contribution in [2.24, 2.45) is 5.92 Å². The topological polar surface area (TPSA) is 75.0 Å². The Kier molecular flexibility index (Phi) is 5.53. The summed E-state index contributed by atoms with van der Waals surface area (Å²) >= 11 is 0. The maximum atomic E-state index is 13.0. The van der Waals surface area contributed by atoms with E-state index in [0.29, 0.717) is 29.7 Å². The number of carbonyl (C=O) groups is 1. The van der Waals surface area contributed by atoms with Crippen LogP contribution < -0.4 is 10.4 Å². The van der Waals surface area contributed by atoms with Crippen LogP contribution in [0.5, 0.6) is 5.75 Å². The molecule has 164 valence electrons. The molecule has 2 heterocycles. The molecule has 2 aliphatic rings. The van der Waals surface area contributed by atoms with Gasteiger partial charge >= 0.3 is 5.63 Å². The molecule has 1 fully saturated rings.